The molecule has 1 nitrogen and oxygen atoms in total. The monoisotopic (exact) mass is 295 g/mol. The van der Waals surface area contributed by atoms with Crippen molar-refractivity contribution in [3.63, 3.8) is 0 Å². The average molecular weight is 296 g/mol. The van der Waals surface area contributed by atoms with Gasteiger partial charge in [0.05, 0.1) is 0 Å². The van der Waals surface area contributed by atoms with Crippen molar-refractivity contribution in [2.45, 2.75) is 19.4 Å². The van der Waals surface area contributed by atoms with Crippen LogP contribution in [-0.2, 0) is 6.42 Å². The molecule has 0 bridgehead atoms. The Kier molecular flexibility index (Phi) is 3.96. The quantitative estimate of drug-likeness (QED) is 0.719. The molecule has 0 spiro atoms. The minimum absolute atomic E-state index is 0.0119. The second kappa shape index (κ2) is 5.88. The van der Waals surface area contributed by atoms with Crippen molar-refractivity contribution in [1.29, 1.82) is 0 Å². The van der Waals surface area contributed by atoms with Crippen molar-refractivity contribution in [3.05, 3.63) is 82.4 Å². The van der Waals surface area contributed by atoms with Crippen LogP contribution in [0.5, 0.6) is 0 Å². The third kappa shape index (κ3) is 3.10. The van der Waals surface area contributed by atoms with Crippen LogP contribution < -0.4 is 5.73 Å². The van der Waals surface area contributed by atoms with Gasteiger partial charge < -0.3 is 5.73 Å². The summed E-state index contributed by atoms with van der Waals surface area (Å²) in [7, 11) is 0. The molecule has 106 valence electrons. The van der Waals surface area contributed by atoms with Crippen molar-refractivity contribution >= 4 is 22.4 Å². The van der Waals surface area contributed by atoms with E-state index in [0.717, 1.165) is 22.6 Å². The van der Waals surface area contributed by atoms with E-state index in [4.69, 9.17) is 17.3 Å². The maximum Gasteiger partial charge on any atom is 0.0435 e. The molecule has 2 N–H and O–H groups in total. The summed E-state index contributed by atoms with van der Waals surface area (Å²) in [5.74, 6) is 0. The SMILES string of the molecule is Cc1cc(C(N)Cc2ccc3ccccc3c2)ccc1Cl. The summed E-state index contributed by atoms with van der Waals surface area (Å²) in [6.45, 7) is 2.01. The molecule has 0 saturated heterocycles. The number of fused-ring (bicyclic) bond motifs is 1. The Labute approximate surface area is 130 Å². The number of halogens is 1. The zero-order chi connectivity index (χ0) is 14.8. The van der Waals surface area contributed by atoms with Gasteiger partial charge >= 0.3 is 0 Å². The molecule has 0 radical (unpaired) electrons. The van der Waals surface area contributed by atoms with E-state index in [2.05, 4.69) is 48.5 Å². The lowest BCUT2D eigenvalue weighted by atomic mass is 9.97. The van der Waals surface area contributed by atoms with Crippen molar-refractivity contribution in [3.8, 4) is 0 Å². The fraction of sp³-hybridized carbons (Fsp3) is 0.158. The highest BCUT2D eigenvalue weighted by atomic mass is 35.5. The summed E-state index contributed by atoms with van der Waals surface area (Å²) in [5, 5.41) is 3.31. The van der Waals surface area contributed by atoms with Gasteiger partial charge in [0.25, 0.3) is 0 Å². The Bertz CT molecular complexity index is 779. The fourth-order valence-electron chi connectivity index (χ4n) is 2.64. The van der Waals surface area contributed by atoms with E-state index in [1.807, 2.05) is 19.1 Å². The molecule has 0 aromatic heterocycles. The first-order valence-electron chi connectivity index (χ1n) is 7.13. The Hall–Kier alpha value is -1.83. The number of hydrogen-bond donors (Lipinski definition) is 1. The molecule has 0 fully saturated rings. The smallest absolute Gasteiger partial charge is 0.0435 e. The molecule has 0 aliphatic carbocycles. The van der Waals surface area contributed by atoms with Crippen LogP contribution >= 0.6 is 11.6 Å². The lowest BCUT2D eigenvalue weighted by Gasteiger charge is -2.14. The normalized spacial score (nSPS) is 12.5. The number of rotatable bonds is 3. The van der Waals surface area contributed by atoms with Crippen LogP contribution in [0.2, 0.25) is 5.02 Å². The summed E-state index contributed by atoms with van der Waals surface area (Å²) in [6, 6.07) is 20.9. The maximum absolute atomic E-state index is 6.35. The fourth-order valence-corrected chi connectivity index (χ4v) is 2.75. The first-order valence-corrected chi connectivity index (χ1v) is 7.50. The molecule has 0 aliphatic rings. The lowest BCUT2D eigenvalue weighted by molar-refractivity contribution is 0.722. The minimum Gasteiger partial charge on any atom is -0.324 e. The number of benzene rings is 3. The van der Waals surface area contributed by atoms with Crippen LogP contribution in [0.1, 0.15) is 22.7 Å². The van der Waals surface area contributed by atoms with E-state index in [0.29, 0.717) is 0 Å². The van der Waals surface area contributed by atoms with Gasteiger partial charge in [-0.2, -0.15) is 0 Å². The number of nitrogens with two attached hydrogens (primary N) is 1. The van der Waals surface area contributed by atoms with E-state index < -0.39 is 0 Å². The van der Waals surface area contributed by atoms with Crippen molar-refractivity contribution in [2.24, 2.45) is 5.73 Å². The predicted molar refractivity (Wildman–Crippen MR) is 90.8 cm³/mol. The van der Waals surface area contributed by atoms with Crippen LogP contribution in [-0.4, -0.2) is 0 Å². The first-order chi connectivity index (χ1) is 10.1. The van der Waals surface area contributed by atoms with Gasteiger partial charge in [0.2, 0.25) is 0 Å². The van der Waals surface area contributed by atoms with E-state index in [1.165, 1.54) is 16.3 Å². The van der Waals surface area contributed by atoms with Crippen LogP contribution in [0.4, 0.5) is 0 Å². The molecular formula is C19H18ClN. The van der Waals surface area contributed by atoms with Gasteiger partial charge in [0.15, 0.2) is 0 Å². The van der Waals surface area contributed by atoms with Gasteiger partial charge in [-0.3, -0.25) is 0 Å². The molecule has 0 amide bonds. The van der Waals surface area contributed by atoms with Gasteiger partial charge in [0, 0.05) is 11.1 Å². The van der Waals surface area contributed by atoms with Crippen LogP contribution in [0.3, 0.4) is 0 Å². The van der Waals surface area contributed by atoms with Gasteiger partial charge in [-0.25, -0.2) is 0 Å². The Balaban J connectivity index is 1.85. The lowest BCUT2D eigenvalue weighted by Crippen LogP contribution is -2.13. The standard InChI is InChI=1S/C19H18ClN/c1-13-10-17(8-9-18(13)20)19(21)12-14-6-7-15-4-2-3-5-16(15)11-14/h2-11,19H,12,21H2,1H3. The summed E-state index contributed by atoms with van der Waals surface area (Å²) >= 11 is 6.07. The molecule has 1 unspecified atom stereocenters. The summed E-state index contributed by atoms with van der Waals surface area (Å²) in [4.78, 5) is 0. The molecule has 21 heavy (non-hydrogen) atoms. The van der Waals surface area contributed by atoms with Gasteiger partial charge in [0.1, 0.15) is 0 Å². The number of hydrogen-bond acceptors (Lipinski definition) is 1. The highest BCUT2D eigenvalue weighted by Crippen LogP contribution is 2.23. The summed E-state index contributed by atoms with van der Waals surface area (Å²) < 4.78 is 0. The predicted octanol–water partition coefficient (Wildman–Crippen LogP) is 5.04. The van der Waals surface area contributed by atoms with Crippen LogP contribution in [0.25, 0.3) is 10.8 Å². The molecule has 2 heteroatoms. The highest BCUT2D eigenvalue weighted by Gasteiger charge is 2.09. The van der Waals surface area contributed by atoms with E-state index in [1.54, 1.807) is 0 Å². The Morgan fingerprint density at radius 1 is 0.952 bits per heavy atom. The van der Waals surface area contributed by atoms with Gasteiger partial charge in [-0.15, -0.1) is 0 Å². The maximum atomic E-state index is 6.35. The van der Waals surface area contributed by atoms with Crippen molar-refractivity contribution in [2.75, 3.05) is 0 Å². The van der Waals surface area contributed by atoms with Gasteiger partial charge in [-0.1, -0.05) is 66.2 Å². The minimum atomic E-state index is -0.0119. The van der Waals surface area contributed by atoms with E-state index in [-0.39, 0.29) is 6.04 Å². The molecule has 3 aromatic carbocycles. The molecule has 1 atom stereocenters. The zero-order valence-electron chi connectivity index (χ0n) is 12.0. The van der Waals surface area contributed by atoms with Crippen LogP contribution in [0.15, 0.2) is 60.7 Å². The van der Waals surface area contributed by atoms with Crippen molar-refractivity contribution in [1.82, 2.24) is 0 Å². The third-order valence-electron chi connectivity index (χ3n) is 3.88. The van der Waals surface area contributed by atoms with Gasteiger partial charge in [-0.05, 0) is 46.9 Å². The van der Waals surface area contributed by atoms with Crippen molar-refractivity contribution < 1.29 is 0 Å². The molecule has 0 aliphatic heterocycles. The zero-order valence-corrected chi connectivity index (χ0v) is 12.8. The van der Waals surface area contributed by atoms with Crippen LogP contribution in [0, 0.1) is 6.92 Å². The largest absolute Gasteiger partial charge is 0.324 e. The molecular weight excluding hydrogens is 278 g/mol. The average Bonchev–Trinajstić information content (AvgIpc) is 2.50. The second-order valence-electron chi connectivity index (χ2n) is 5.50. The highest BCUT2D eigenvalue weighted by molar-refractivity contribution is 6.31. The molecule has 0 heterocycles. The summed E-state index contributed by atoms with van der Waals surface area (Å²) in [5.41, 5.74) is 9.81. The summed E-state index contributed by atoms with van der Waals surface area (Å²) in [6.07, 6.45) is 0.825. The molecule has 3 aromatic rings. The number of aryl methyl sites for hydroxylation is 1. The molecule has 0 saturated carbocycles. The first kappa shape index (κ1) is 14.1. The van der Waals surface area contributed by atoms with E-state index in [9.17, 15) is 0 Å². The van der Waals surface area contributed by atoms with E-state index >= 15 is 0 Å². The molecule has 3 rings (SSSR count). The Morgan fingerprint density at radius 3 is 2.48 bits per heavy atom. The topological polar surface area (TPSA) is 26.0 Å². The third-order valence-corrected chi connectivity index (χ3v) is 4.30. The Morgan fingerprint density at radius 2 is 1.71 bits per heavy atom. The second-order valence-corrected chi connectivity index (χ2v) is 5.91.